The third-order valence-corrected chi connectivity index (χ3v) is 10.9. The van der Waals surface area contributed by atoms with Crippen LogP contribution >= 0.6 is 21.6 Å². The van der Waals surface area contributed by atoms with E-state index in [0.717, 1.165) is 0 Å². The third kappa shape index (κ3) is 8.78. The summed E-state index contributed by atoms with van der Waals surface area (Å²) in [5, 5.41) is 5.47. The minimum atomic E-state index is -4.08. The number of carbonyl (C=O) groups excluding carboxylic acids is 2. The summed E-state index contributed by atoms with van der Waals surface area (Å²) in [6.07, 6.45) is 0. The predicted molar refractivity (Wildman–Crippen MR) is 179 cm³/mol. The van der Waals surface area contributed by atoms with Crippen molar-refractivity contribution in [3.63, 3.8) is 0 Å². The van der Waals surface area contributed by atoms with Gasteiger partial charge in [0.05, 0.1) is 20.9 Å². The van der Waals surface area contributed by atoms with Gasteiger partial charge >= 0.3 is 0 Å². The molecule has 46 heavy (non-hydrogen) atoms. The number of guanidine groups is 2. The molecular weight excluding hydrogens is 673 g/mol. The molecule has 0 radical (unpaired) electrons. The molecule has 0 aromatic heterocycles. The lowest BCUT2D eigenvalue weighted by Crippen LogP contribution is -2.24. The maximum atomic E-state index is 13.2. The average molecular weight is 699 g/mol. The lowest BCUT2D eigenvalue weighted by molar-refractivity contribution is 0.101. The van der Waals surface area contributed by atoms with Crippen LogP contribution in [0.4, 0.5) is 11.4 Å². The Morgan fingerprint density at radius 2 is 0.848 bits per heavy atom. The van der Waals surface area contributed by atoms with Gasteiger partial charge in [-0.1, -0.05) is 45.9 Å². The monoisotopic (exact) mass is 698 g/mol. The van der Waals surface area contributed by atoms with E-state index < -0.39 is 43.8 Å². The maximum absolute atomic E-state index is 13.2. The Bertz CT molecular complexity index is 1900. The van der Waals surface area contributed by atoms with Crippen molar-refractivity contribution in [2.24, 2.45) is 31.7 Å². The van der Waals surface area contributed by atoms with E-state index in [4.69, 9.17) is 22.9 Å². The maximum Gasteiger partial charge on any atom is 0.285 e. The molecule has 0 atom stereocenters. The number of carbonyl (C=O) groups is 2. The fourth-order valence-electron chi connectivity index (χ4n) is 3.74. The van der Waals surface area contributed by atoms with Crippen LogP contribution in [0, 0.1) is 0 Å². The molecule has 0 heterocycles. The number of benzene rings is 4. The number of amides is 2. The quantitative estimate of drug-likeness (QED) is 0.0751. The fraction of sp³-hybridized carbons (Fsp3) is 0. The molecule has 0 bridgehead atoms. The van der Waals surface area contributed by atoms with Crippen molar-refractivity contribution >= 4 is 76.7 Å². The zero-order valence-corrected chi connectivity index (χ0v) is 26.8. The highest BCUT2D eigenvalue weighted by Gasteiger charge is 2.18. The van der Waals surface area contributed by atoms with Gasteiger partial charge in [0.2, 0.25) is 11.9 Å². The van der Waals surface area contributed by atoms with Crippen LogP contribution in [-0.2, 0) is 20.0 Å². The second-order valence-corrected chi connectivity index (χ2v) is 14.5. The molecule has 14 nitrogen and oxygen atoms in total. The number of hydrogen-bond donors (Lipinski definition) is 6. The van der Waals surface area contributed by atoms with Gasteiger partial charge in [0, 0.05) is 21.2 Å². The van der Waals surface area contributed by atoms with Crippen LogP contribution in [0.25, 0.3) is 0 Å². The van der Waals surface area contributed by atoms with Gasteiger partial charge in [0.25, 0.3) is 31.9 Å². The van der Waals surface area contributed by atoms with Crippen LogP contribution in [0.3, 0.4) is 0 Å². The number of nitrogens with one attached hydrogen (secondary N) is 2. The van der Waals surface area contributed by atoms with Gasteiger partial charge in [-0.05, 0) is 72.8 Å². The molecule has 2 amide bonds. The van der Waals surface area contributed by atoms with Crippen molar-refractivity contribution < 1.29 is 26.4 Å². The Morgan fingerprint density at radius 3 is 1.17 bits per heavy atom. The Morgan fingerprint density at radius 1 is 0.522 bits per heavy atom. The molecule has 4 rings (SSSR count). The van der Waals surface area contributed by atoms with Crippen molar-refractivity contribution in [2.75, 3.05) is 10.6 Å². The van der Waals surface area contributed by atoms with Crippen molar-refractivity contribution in [2.45, 2.75) is 19.6 Å². The van der Waals surface area contributed by atoms with Crippen molar-refractivity contribution in [1.29, 1.82) is 0 Å². The van der Waals surface area contributed by atoms with Crippen LogP contribution in [0.5, 0.6) is 0 Å². The third-order valence-electron chi connectivity index (χ3n) is 5.76. The normalized spacial score (nSPS) is 11.2. The van der Waals surface area contributed by atoms with Crippen LogP contribution in [0.2, 0.25) is 0 Å². The summed E-state index contributed by atoms with van der Waals surface area (Å²) in [7, 11) is -5.64. The molecule has 18 heteroatoms. The molecule has 10 N–H and O–H groups in total. The minimum Gasteiger partial charge on any atom is -0.369 e. The topological polar surface area (TPSA) is 255 Å². The molecule has 0 spiro atoms. The molecule has 238 valence electrons. The molecular formula is C28H26N8O6S4. The first-order valence-electron chi connectivity index (χ1n) is 12.8. The Balaban J connectivity index is 1.45. The first kappa shape index (κ1) is 33.8. The van der Waals surface area contributed by atoms with Gasteiger partial charge in [0.1, 0.15) is 0 Å². The van der Waals surface area contributed by atoms with Gasteiger partial charge in [-0.3, -0.25) is 9.59 Å². The number of nitrogens with two attached hydrogens (primary N) is 4. The van der Waals surface area contributed by atoms with Gasteiger partial charge < -0.3 is 33.6 Å². The SMILES string of the molecule is NC(N)=NS(=O)(=O)c1ccc(NC(=O)c2ccccc2SSc2ccccc2C(=O)Nc2ccc(S(=O)(=O)N=C(N)N)cc2)cc1. The highest BCUT2D eigenvalue weighted by molar-refractivity contribution is 8.76. The lowest BCUT2D eigenvalue weighted by Gasteiger charge is -2.12. The van der Waals surface area contributed by atoms with Crippen molar-refractivity contribution in [1.82, 2.24) is 0 Å². The van der Waals surface area contributed by atoms with E-state index >= 15 is 0 Å². The summed E-state index contributed by atoms with van der Waals surface area (Å²) in [6, 6.07) is 24.4. The predicted octanol–water partition coefficient (Wildman–Crippen LogP) is 2.91. The number of anilines is 2. The molecule has 0 aliphatic rings. The van der Waals surface area contributed by atoms with E-state index in [1.54, 1.807) is 48.5 Å². The molecule has 0 saturated carbocycles. The number of rotatable bonds is 11. The summed E-state index contributed by atoms with van der Waals surface area (Å²) in [6.45, 7) is 0. The first-order chi connectivity index (χ1) is 21.7. The van der Waals surface area contributed by atoms with E-state index in [9.17, 15) is 26.4 Å². The van der Waals surface area contributed by atoms with Gasteiger partial charge in [-0.2, -0.15) is 16.8 Å². The number of sulfonamides is 2. The van der Waals surface area contributed by atoms with E-state index in [1.807, 2.05) is 0 Å². The van der Waals surface area contributed by atoms with Crippen molar-refractivity contribution in [3.8, 4) is 0 Å². The minimum absolute atomic E-state index is 0.151. The second-order valence-electron chi connectivity index (χ2n) is 9.10. The fourth-order valence-corrected chi connectivity index (χ4v) is 7.83. The summed E-state index contributed by atoms with van der Waals surface area (Å²) in [5.74, 6) is -2.09. The van der Waals surface area contributed by atoms with Gasteiger partial charge in [-0.15, -0.1) is 8.80 Å². The highest BCUT2D eigenvalue weighted by atomic mass is 33.1. The molecule has 0 aliphatic heterocycles. The van der Waals surface area contributed by atoms with E-state index in [1.165, 1.54) is 70.1 Å². The lowest BCUT2D eigenvalue weighted by atomic mass is 10.2. The molecule has 4 aromatic carbocycles. The standard InChI is InChI=1S/C28H26N8O6S4/c29-27(30)35-45(39,40)19-13-9-17(10-14-19)33-25(37)21-5-1-3-7-23(21)43-44-24-8-4-2-6-22(24)26(38)34-18-11-15-20(16-12-18)46(41,42)36-28(31)32/h1-16H,(H,33,37)(H,34,38)(H4,29,30,35)(H4,31,32,36). The van der Waals surface area contributed by atoms with Crippen LogP contribution in [0.1, 0.15) is 20.7 Å². The highest BCUT2D eigenvalue weighted by Crippen LogP contribution is 2.40. The Hall–Kier alpha value is -5.04. The first-order valence-corrected chi connectivity index (χ1v) is 17.9. The van der Waals surface area contributed by atoms with Crippen LogP contribution in [-0.4, -0.2) is 40.6 Å². The number of nitrogens with zero attached hydrogens (tertiary/aromatic N) is 2. The Labute approximate surface area is 272 Å². The molecule has 0 saturated heterocycles. The summed E-state index contributed by atoms with van der Waals surface area (Å²) >= 11 is 0. The van der Waals surface area contributed by atoms with Gasteiger partial charge in [-0.25, -0.2) is 0 Å². The van der Waals surface area contributed by atoms with Gasteiger partial charge in [0.15, 0.2) is 0 Å². The zero-order chi connectivity index (χ0) is 33.5. The molecule has 0 fully saturated rings. The van der Waals surface area contributed by atoms with Crippen LogP contribution in [0.15, 0.2) is 125 Å². The van der Waals surface area contributed by atoms with Crippen molar-refractivity contribution in [3.05, 3.63) is 108 Å². The summed E-state index contributed by atoms with van der Waals surface area (Å²) < 4.78 is 55.1. The second kappa shape index (κ2) is 14.4. The smallest absolute Gasteiger partial charge is 0.285 e. The zero-order valence-electron chi connectivity index (χ0n) is 23.5. The molecule has 0 unspecified atom stereocenters. The molecule has 4 aromatic rings. The summed E-state index contributed by atoms with van der Waals surface area (Å²) in [4.78, 5) is 27.2. The van der Waals surface area contributed by atoms with E-state index in [-0.39, 0.29) is 9.79 Å². The van der Waals surface area contributed by atoms with E-state index in [2.05, 4.69) is 19.4 Å². The van der Waals surface area contributed by atoms with Crippen LogP contribution < -0.4 is 33.6 Å². The Kier molecular flexibility index (Phi) is 10.6. The summed E-state index contributed by atoms with van der Waals surface area (Å²) in [5.41, 5.74) is 22.1. The number of hydrogen-bond acceptors (Lipinski definition) is 8. The van der Waals surface area contributed by atoms with E-state index in [0.29, 0.717) is 32.3 Å². The average Bonchev–Trinajstić information content (AvgIpc) is 2.99. The largest absolute Gasteiger partial charge is 0.369 e. The molecule has 0 aliphatic carbocycles.